The Labute approximate surface area is 184 Å². The molecule has 0 aliphatic carbocycles. The van der Waals surface area contributed by atoms with Crippen molar-refractivity contribution in [3.05, 3.63) is 41.6 Å². The van der Waals surface area contributed by atoms with Gasteiger partial charge in [0.05, 0.1) is 19.3 Å². The number of nitrogens with one attached hydrogen (secondary N) is 2. The summed E-state index contributed by atoms with van der Waals surface area (Å²) in [5, 5.41) is 11.5. The number of likely N-dealkylation sites (tertiary alicyclic amines) is 1. The third kappa shape index (κ3) is 4.90. The molecule has 0 amide bonds. The normalized spacial score (nSPS) is 15.5. The third-order valence-electron chi connectivity index (χ3n) is 5.87. The van der Waals surface area contributed by atoms with Crippen LogP contribution in [0.15, 0.2) is 30.5 Å². The zero-order valence-electron chi connectivity index (χ0n) is 18.9. The van der Waals surface area contributed by atoms with Gasteiger partial charge in [-0.15, -0.1) is 0 Å². The first-order valence-corrected chi connectivity index (χ1v) is 11.2. The van der Waals surface area contributed by atoms with Crippen LogP contribution in [-0.2, 0) is 0 Å². The number of hydrogen-bond donors (Lipinski definition) is 2. The van der Waals surface area contributed by atoms with Gasteiger partial charge in [-0.2, -0.15) is 19.6 Å². The molecule has 166 valence electrons. The van der Waals surface area contributed by atoms with Crippen molar-refractivity contribution in [3.8, 4) is 5.75 Å². The molecule has 8 nitrogen and oxygen atoms in total. The highest BCUT2D eigenvalue weighted by atomic mass is 16.5. The molecule has 2 N–H and O–H groups in total. The highest BCUT2D eigenvalue weighted by Gasteiger charge is 2.18. The lowest BCUT2D eigenvalue weighted by Gasteiger charge is -2.18. The van der Waals surface area contributed by atoms with Gasteiger partial charge < -0.3 is 20.3 Å². The van der Waals surface area contributed by atoms with Crippen LogP contribution in [0.1, 0.15) is 56.7 Å². The fourth-order valence-electron chi connectivity index (χ4n) is 3.99. The van der Waals surface area contributed by atoms with Crippen molar-refractivity contribution in [3.63, 3.8) is 0 Å². The molecule has 2 aromatic heterocycles. The van der Waals surface area contributed by atoms with Crippen LogP contribution in [0.25, 0.3) is 5.65 Å². The number of rotatable bonds is 9. The summed E-state index contributed by atoms with van der Waals surface area (Å²) in [6, 6.07) is 8.09. The molecule has 1 aromatic carbocycles. The summed E-state index contributed by atoms with van der Waals surface area (Å²) in [4.78, 5) is 12.0. The van der Waals surface area contributed by atoms with Crippen LogP contribution in [-0.4, -0.2) is 57.8 Å². The van der Waals surface area contributed by atoms with Crippen LogP contribution in [0.3, 0.4) is 0 Å². The SMILES string of the molecule is COc1cccc([C@H](C)Nc2nc(NCCN3CCCC3)nc3c(C(C)C)cnn23)c1. The summed E-state index contributed by atoms with van der Waals surface area (Å²) in [6.45, 7) is 10.6. The first-order valence-electron chi connectivity index (χ1n) is 11.2. The highest BCUT2D eigenvalue weighted by molar-refractivity contribution is 5.56. The summed E-state index contributed by atoms with van der Waals surface area (Å²) in [5.41, 5.74) is 3.07. The zero-order chi connectivity index (χ0) is 21.8. The minimum atomic E-state index is 0.0253. The van der Waals surface area contributed by atoms with Gasteiger partial charge in [0.1, 0.15) is 5.75 Å². The Balaban J connectivity index is 1.59. The monoisotopic (exact) mass is 423 g/mol. The maximum Gasteiger partial charge on any atom is 0.229 e. The van der Waals surface area contributed by atoms with E-state index in [2.05, 4.69) is 47.5 Å². The topological polar surface area (TPSA) is 79.6 Å². The fourth-order valence-corrected chi connectivity index (χ4v) is 3.99. The van der Waals surface area contributed by atoms with Gasteiger partial charge in [0, 0.05) is 18.7 Å². The number of benzene rings is 1. The van der Waals surface area contributed by atoms with Gasteiger partial charge in [-0.1, -0.05) is 26.0 Å². The van der Waals surface area contributed by atoms with Gasteiger partial charge in [0.15, 0.2) is 5.65 Å². The van der Waals surface area contributed by atoms with Gasteiger partial charge in [-0.25, -0.2) is 0 Å². The van der Waals surface area contributed by atoms with E-state index in [-0.39, 0.29) is 6.04 Å². The average Bonchev–Trinajstić information content (AvgIpc) is 3.44. The number of methoxy groups -OCH3 is 1. The Bertz CT molecular complexity index is 1010. The van der Waals surface area contributed by atoms with E-state index in [4.69, 9.17) is 14.7 Å². The summed E-state index contributed by atoms with van der Waals surface area (Å²) < 4.78 is 7.18. The average molecular weight is 424 g/mol. The molecule has 1 fully saturated rings. The predicted molar refractivity (Wildman–Crippen MR) is 124 cm³/mol. The highest BCUT2D eigenvalue weighted by Crippen LogP contribution is 2.25. The van der Waals surface area contributed by atoms with Crippen LogP contribution in [0.5, 0.6) is 5.75 Å². The summed E-state index contributed by atoms with van der Waals surface area (Å²) in [5.74, 6) is 2.48. The van der Waals surface area contributed by atoms with E-state index in [1.54, 1.807) is 11.6 Å². The summed E-state index contributed by atoms with van der Waals surface area (Å²) in [7, 11) is 1.68. The maximum absolute atomic E-state index is 5.38. The Hall–Kier alpha value is -2.87. The standard InChI is InChI=1S/C23H33N7O/c1-16(2)20-15-25-30-21(20)27-22(24-10-13-29-11-5-6-12-29)28-23(30)26-17(3)18-8-7-9-19(14-18)31-4/h7-9,14-17H,5-6,10-13H2,1-4H3,(H2,24,26,27,28)/t17-/m0/s1. The molecule has 31 heavy (non-hydrogen) atoms. The van der Waals surface area contributed by atoms with E-state index in [1.807, 2.05) is 24.4 Å². The van der Waals surface area contributed by atoms with Crippen molar-refractivity contribution in [2.45, 2.75) is 45.6 Å². The van der Waals surface area contributed by atoms with Crippen LogP contribution in [0.2, 0.25) is 0 Å². The number of aromatic nitrogens is 4. The number of nitrogens with zero attached hydrogens (tertiary/aromatic N) is 5. The molecule has 0 saturated carbocycles. The molecule has 3 aromatic rings. The second-order valence-electron chi connectivity index (χ2n) is 8.48. The van der Waals surface area contributed by atoms with E-state index < -0.39 is 0 Å². The smallest absolute Gasteiger partial charge is 0.229 e. The molecule has 1 aliphatic rings. The third-order valence-corrected chi connectivity index (χ3v) is 5.87. The lowest BCUT2D eigenvalue weighted by molar-refractivity contribution is 0.352. The molecule has 1 aliphatic heterocycles. The first kappa shape index (κ1) is 21.4. The molecule has 0 spiro atoms. The van der Waals surface area contributed by atoms with Crippen molar-refractivity contribution in [2.24, 2.45) is 0 Å². The molecule has 8 heteroatoms. The summed E-state index contributed by atoms with van der Waals surface area (Å²) >= 11 is 0. The number of hydrogen-bond acceptors (Lipinski definition) is 7. The molecular formula is C23H33N7O. The van der Waals surface area contributed by atoms with Crippen LogP contribution in [0.4, 0.5) is 11.9 Å². The minimum Gasteiger partial charge on any atom is -0.497 e. The van der Waals surface area contributed by atoms with Crippen LogP contribution < -0.4 is 15.4 Å². The van der Waals surface area contributed by atoms with Crippen molar-refractivity contribution in [2.75, 3.05) is 43.9 Å². The van der Waals surface area contributed by atoms with E-state index in [9.17, 15) is 0 Å². The molecule has 0 unspecified atom stereocenters. The van der Waals surface area contributed by atoms with Gasteiger partial charge in [-0.3, -0.25) is 0 Å². The largest absolute Gasteiger partial charge is 0.497 e. The number of fused-ring (bicyclic) bond motifs is 1. The predicted octanol–water partition coefficient (Wildman–Crippen LogP) is 3.94. The van der Waals surface area contributed by atoms with Crippen LogP contribution in [0, 0.1) is 0 Å². The second-order valence-corrected chi connectivity index (χ2v) is 8.48. The number of anilines is 2. The fraction of sp³-hybridized carbons (Fsp3) is 0.522. The Kier molecular flexibility index (Phi) is 6.56. The van der Waals surface area contributed by atoms with Gasteiger partial charge in [0.2, 0.25) is 11.9 Å². The van der Waals surface area contributed by atoms with Crippen molar-refractivity contribution in [1.29, 1.82) is 0 Å². The Morgan fingerprint density at radius 3 is 2.68 bits per heavy atom. The summed E-state index contributed by atoms with van der Waals surface area (Å²) in [6.07, 6.45) is 4.49. The van der Waals surface area contributed by atoms with Crippen molar-refractivity contribution in [1.82, 2.24) is 24.5 Å². The molecule has 1 saturated heterocycles. The lowest BCUT2D eigenvalue weighted by atomic mass is 10.1. The Morgan fingerprint density at radius 2 is 1.94 bits per heavy atom. The Morgan fingerprint density at radius 1 is 1.13 bits per heavy atom. The van der Waals surface area contributed by atoms with E-state index >= 15 is 0 Å². The molecule has 0 bridgehead atoms. The van der Waals surface area contributed by atoms with E-state index in [0.29, 0.717) is 17.8 Å². The first-order chi connectivity index (χ1) is 15.0. The quantitative estimate of drug-likeness (QED) is 0.540. The molecule has 0 radical (unpaired) electrons. The molecular weight excluding hydrogens is 390 g/mol. The van der Waals surface area contributed by atoms with E-state index in [1.165, 1.54) is 25.9 Å². The van der Waals surface area contributed by atoms with Crippen LogP contribution >= 0.6 is 0 Å². The van der Waals surface area contributed by atoms with Gasteiger partial charge >= 0.3 is 0 Å². The van der Waals surface area contributed by atoms with Gasteiger partial charge in [-0.05, 0) is 56.5 Å². The zero-order valence-corrected chi connectivity index (χ0v) is 18.9. The number of ether oxygens (including phenoxy) is 1. The second kappa shape index (κ2) is 9.51. The lowest BCUT2D eigenvalue weighted by Crippen LogP contribution is -2.26. The molecule has 4 rings (SSSR count). The van der Waals surface area contributed by atoms with Gasteiger partial charge in [0.25, 0.3) is 0 Å². The van der Waals surface area contributed by atoms with Crippen molar-refractivity contribution < 1.29 is 4.74 Å². The maximum atomic E-state index is 5.38. The van der Waals surface area contributed by atoms with Crippen molar-refractivity contribution >= 4 is 17.5 Å². The molecule has 1 atom stereocenters. The molecule has 3 heterocycles. The minimum absolute atomic E-state index is 0.0253. The van der Waals surface area contributed by atoms with E-state index in [0.717, 1.165) is 35.6 Å².